The number of nitrogens with one attached hydrogen (secondary N) is 1. The molecule has 3 nitrogen and oxygen atoms in total. The van der Waals surface area contributed by atoms with Gasteiger partial charge in [-0.15, -0.1) is 0 Å². The van der Waals surface area contributed by atoms with E-state index < -0.39 is 11.9 Å². The SMILES string of the molecule is FC(F)(F)/C(CN1CCCCC1)=N\Nc1ccc(Cl)cc1. The number of hydrazone groups is 1. The van der Waals surface area contributed by atoms with Gasteiger partial charge in [0.25, 0.3) is 0 Å². The first-order chi connectivity index (χ1) is 9.95. The Morgan fingerprint density at radius 3 is 2.33 bits per heavy atom. The Morgan fingerprint density at radius 1 is 1.14 bits per heavy atom. The average molecular weight is 320 g/mol. The summed E-state index contributed by atoms with van der Waals surface area (Å²) in [6.07, 6.45) is -1.47. The van der Waals surface area contributed by atoms with E-state index in [0.717, 1.165) is 19.3 Å². The van der Waals surface area contributed by atoms with Crippen molar-refractivity contribution >= 4 is 23.0 Å². The molecule has 0 bridgehead atoms. The topological polar surface area (TPSA) is 27.6 Å². The van der Waals surface area contributed by atoms with Gasteiger partial charge in [-0.05, 0) is 50.2 Å². The molecule has 0 radical (unpaired) electrons. The molecular weight excluding hydrogens is 303 g/mol. The standard InChI is InChI=1S/C14H17ClF3N3/c15-11-4-6-12(7-5-11)19-20-13(14(16,17)18)10-21-8-2-1-3-9-21/h4-7,19H,1-3,8-10H2/b20-13-. The molecule has 0 saturated carbocycles. The maximum Gasteiger partial charge on any atom is 0.432 e. The van der Waals surface area contributed by atoms with Crippen LogP contribution in [0.15, 0.2) is 29.4 Å². The molecule has 1 saturated heterocycles. The Balaban J connectivity index is 2.04. The predicted molar refractivity (Wildman–Crippen MR) is 78.9 cm³/mol. The molecule has 116 valence electrons. The number of likely N-dealkylation sites (tertiary alicyclic amines) is 1. The van der Waals surface area contributed by atoms with Crippen molar-refractivity contribution in [2.75, 3.05) is 25.1 Å². The summed E-state index contributed by atoms with van der Waals surface area (Å²) in [5.74, 6) is 0. The number of alkyl halides is 3. The lowest BCUT2D eigenvalue weighted by Gasteiger charge is -2.27. The molecule has 1 heterocycles. The lowest BCUT2D eigenvalue weighted by atomic mass is 10.1. The van der Waals surface area contributed by atoms with Crippen LogP contribution >= 0.6 is 11.6 Å². The fraction of sp³-hybridized carbons (Fsp3) is 0.500. The first-order valence-electron chi connectivity index (χ1n) is 6.83. The summed E-state index contributed by atoms with van der Waals surface area (Å²) in [5, 5.41) is 4.07. The van der Waals surface area contributed by atoms with Crippen LogP contribution < -0.4 is 5.43 Å². The van der Waals surface area contributed by atoms with Crippen LogP contribution in [0.1, 0.15) is 19.3 Å². The molecule has 1 aliphatic rings. The fourth-order valence-electron chi connectivity index (χ4n) is 2.17. The number of anilines is 1. The Hall–Kier alpha value is -1.27. The van der Waals surface area contributed by atoms with Gasteiger partial charge in [-0.3, -0.25) is 10.3 Å². The van der Waals surface area contributed by atoms with Crippen LogP contribution in [0.5, 0.6) is 0 Å². The van der Waals surface area contributed by atoms with Crippen molar-refractivity contribution in [1.82, 2.24) is 4.90 Å². The first-order valence-corrected chi connectivity index (χ1v) is 7.20. The van der Waals surface area contributed by atoms with Gasteiger partial charge in [-0.1, -0.05) is 18.0 Å². The Kier molecular flexibility index (Phi) is 5.47. The second-order valence-electron chi connectivity index (χ2n) is 5.01. The summed E-state index contributed by atoms with van der Waals surface area (Å²) >= 11 is 5.73. The summed E-state index contributed by atoms with van der Waals surface area (Å²) in [5.41, 5.74) is 2.12. The molecule has 1 aromatic rings. The molecule has 1 fully saturated rings. The van der Waals surface area contributed by atoms with Crippen LogP contribution in [-0.2, 0) is 0 Å². The largest absolute Gasteiger partial charge is 0.432 e. The van der Waals surface area contributed by atoms with Crippen molar-refractivity contribution in [2.45, 2.75) is 25.4 Å². The van der Waals surface area contributed by atoms with E-state index in [1.54, 1.807) is 29.2 Å². The summed E-state index contributed by atoms with van der Waals surface area (Å²) in [4.78, 5) is 1.79. The monoisotopic (exact) mass is 319 g/mol. The van der Waals surface area contributed by atoms with Crippen molar-refractivity contribution in [1.29, 1.82) is 0 Å². The lowest BCUT2D eigenvalue weighted by Crippen LogP contribution is -2.40. The molecule has 7 heteroatoms. The normalized spacial score (nSPS) is 17.8. The van der Waals surface area contributed by atoms with Crippen LogP contribution in [0, 0.1) is 0 Å². The highest BCUT2D eigenvalue weighted by Gasteiger charge is 2.37. The minimum atomic E-state index is -4.43. The van der Waals surface area contributed by atoms with Crippen molar-refractivity contribution < 1.29 is 13.2 Å². The minimum absolute atomic E-state index is 0.176. The maximum atomic E-state index is 13.0. The van der Waals surface area contributed by atoms with Gasteiger partial charge >= 0.3 is 6.18 Å². The summed E-state index contributed by atoms with van der Waals surface area (Å²) in [6, 6.07) is 6.36. The Bertz CT molecular complexity index is 479. The number of rotatable bonds is 4. The second-order valence-corrected chi connectivity index (χ2v) is 5.45. The molecular formula is C14H17ClF3N3. The number of piperidine rings is 1. The average Bonchev–Trinajstić information content (AvgIpc) is 2.45. The summed E-state index contributed by atoms with van der Waals surface area (Å²) in [7, 11) is 0. The molecule has 1 aromatic carbocycles. The zero-order valence-electron chi connectivity index (χ0n) is 11.5. The molecule has 0 atom stereocenters. The molecule has 1 aliphatic heterocycles. The molecule has 1 N–H and O–H groups in total. The third-order valence-electron chi connectivity index (χ3n) is 3.31. The summed E-state index contributed by atoms with van der Waals surface area (Å²) in [6.45, 7) is 1.20. The fourth-order valence-corrected chi connectivity index (χ4v) is 2.30. The quantitative estimate of drug-likeness (QED) is 0.666. The van der Waals surface area contributed by atoms with Crippen LogP contribution in [0.4, 0.5) is 18.9 Å². The number of halogens is 4. The van der Waals surface area contributed by atoms with Gasteiger partial charge in [-0.2, -0.15) is 18.3 Å². The van der Waals surface area contributed by atoms with Crippen molar-refractivity contribution in [3.8, 4) is 0 Å². The molecule has 2 rings (SSSR count). The number of hydrogen-bond donors (Lipinski definition) is 1. The van der Waals surface area contributed by atoms with E-state index in [-0.39, 0.29) is 6.54 Å². The van der Waals surface area contributed by atoms with Crippen molar-refractivity contribution in [3.63, 3.8) is 0 Å². The van der Waals surface area contributed by atoms with Crippen LogP contribution in [0.2, 0.25) is 5.02 Å². The molecule has 0 amide bonds. The molecule has 0 unspecified atom stereocenters. The Morgan fingerprint density at radius 2 is 1.76 bits per heavy atom. The molecule has 0 spiro atoms. The minimum Gasteiger partial charge on any atom is -0.297 e. The third-order valence-corrected chi connectivity index (χ3v) is 3.57. The van der Waals surface area contributed by atoms with Gasteiger partial charge in [0.2, 0.25) is 0 Å². The number of benzene rings is 1. The van der Waals surface area contributed by atoms with E-state index in [4.69, 9.17) is 11.6 Å². The Labute approximate surface area is 126 Å². The highest BCUT2D eigenvalue weighted by molar-refractivity contribution is 6.30. The summed E-state index contributed by atoms with van der Waals surface area (Å²) < 4.78 is 39.1. The van der Waals surface area contributed by atoms with E-state index in [9.17, 15) is 13.2 Å². The first kappa shape index (κ1) is 16.1. The van der Waals surface area contributed by atoms with E-state index in [0.29, 0.717) is 23.8 Å². The van der Waals surface area contributed by atoms with Crippen LogP contribution in [0.3, 0.4) is 0 Å². The van der Waals surface area contributed by atoms with E-state index in [2.05, 4.69) is 10.5 Å². The van der Waals surface area contributed by atoms with Gasteiger partial charge in [-0.25, -0.2) is 0 Å². The second kappa shape index (κ2) is 7.13. The van der Waals surface area contributed by atoms with E-state index in [1.807, 2.05) is 0 Å². The zero-order valence-corrected chi connectivity index (χ0v) is 12.2. The van der Waals surface area contributed by atoms with Crippen LogP contribution in [0.25, 0.3) is 0 Å². The van der Waals surface area contributed by atoms with Gasteiger partial charge < -0.3 is 0 Å². The predicted octanol–water partition coefficient (Wildman–Crippen LogP) is 4.16. The third kappa shape index (κ3) is 5.21. The molecule has 21 heavy (non-hydrogen) atoms. The molecule has 0 aromatic heterocycles. The van der Waals surface area contributed by atoms with Gasteiger partial charge in [0, 0.05) is 11.6 Å². The van der Waals surface area contributed by atoms with Crippen molar-refractivity contribution in [3.05, 3.63) is 29.3 Å². The number of hydrogen-bond acceptors (Lipinski definition) is 3. The highest BCUT2D eigenvalue weighted by Crippen LogP contribution is 2.21. The van der Waals surface area contributed by atoms with Gasteiger partial charge in [0.05, 0.1) is 5.69 Å². The molecule has 0 aliphatic carbocycles. The lowest BCUT2D eigenvalue weighted by molar-refractivity contribution is -0.0617. The smallest absolute Gasteiger partial charge is 0.297 e. The van der Waals surface area contributed by atoms with Crippen LogP contribution in [-0.4, -0.2) is 36.4 Å². The van der Waals surface area contributed by atoms with Crippen molar-refractivity contribution in [2.24, 2.45) is 5.10 Å². The van der Waals surface area contributed by atoms with E-state index in [1.165, 1.54) is 0 Å². The van der Waals surface area contributed by atoms with E-state index >= 15 is 0 Å². The highest BCUT2D eigenvalue weighted by atomic mass is 35.5. The van der Waals surface area contributed by atoms with Gasteiger partial charge in [0.15, 0.2) is 5.71 Å². The maximum absolute atomic E-state index is 13.0. The van der Waals surface area contributed by atoms with Gasteiger partial charge in [0.1, 0.15) is 0 Å². The number of nitrogens with zero attached hydrogens (tertiary/aromatic N) is 2. The zero-order chi connectivity index (χ0) is 15.3.